The molecule has 1 aromatic rings. The molecule has 2 aliphatic rings. The van der Waals surface area contributed by atoms with E-state index in [1.54, 1.807) is 6.08 Å². The van der Waals surface area contributed by atoms with Gasteiger partial charge in [0.05, 0.1) is 17.1 Å². The molecule has 0 radical (unpaired) electrons. The van der Waals surface area contributed by atoms with Crippen LogP contribution >= 0.6 is 24.0 Å². The molecule has 0 saturated carbocycles. The van der Waals surface area contributed by atoms with Gasteiger partial charge in [0.15, 0.2) is 0 Å². The third kappa shape index (κ3) is 3.67. The van der Waals surface area contributed by atoms with E-state index >= 15 is 0 Å². The van der Waals surface area contributed by atoms with E-state index < -0.39 is 0 Å². The summed E-state index contributed by atoms with van der Waals surface area (Å²) in [6.07, 6.45) is 3.19. The number of rotatable bonds is 4. The molecule has 1 amide bonds. The van der Waals surface area contributed by atoms with Crippen molar-refractivity contribution < 1.29 is 13.9 Å². The lowest BCUT2D eigenvalue weighted by atomic mass is 10.2. The molecule has 136 valence electrons. The standard InChI is InChI=1S/C17H18N4O3S2/c1-4-5-21-15(22)13(26-17(21)25)6-14-19-12(7-18)16(24-14)20-8-10(2)23-11(3)9-20/h4,6,10-11H,1,5,8-9H2,2-3H3. The molecule has 9 heteroatoms. The molecule has 2 atom stereocenters. The van der Waals surface area contributed by atoms with Gasteiger partial charge in [-0.05, 0) is 13.8 Å². The summed E-state index contributed by atoms with van der Waals surface area (Å²) < 4.78 is 12.0. The highest BCUT2D eigenvalue weighted by Gasteiger charge is 2.32. The van der Waals surface area contributed by atoms with E-state index in [2.05, 4.69) is 17.6 Å². The summed E-state index contributed by atoms with van der Waals surface area (Å²) in [6, 6.07) is 2.06. The maximum atomic E-state index is 12.4. The molecule has 2 unspecified atom stereocenters. The monoisotopic (exact) mass is 390 g/mol. The molecule has 3 heterocycles. The van der Waals surface area contributed by atoms with Crippen LogP contribution in [0.5, 0.6) is 0 Å². The molecule has 0 N–H and O–H groups in total. The van der Waals surface area contributed by atoms with Crippen LogP contribution in [0.2, 0.25) is 0 Å². The number of ether oxygens (including phenoxy) is 1. The van der Waals surface area contributed by atoms with Gasteiger partial charge in [0.2, 0.25) is 17.5 Å². The van der Waals surface area contributed by atoms with E-state index in [1.165, 1.54) is 22.7 Å². The number of amides is 1. The quantitative estimate of drug-likeness (QED) is 0.441. The minimum atomic E-state index is -0.216. The SMILES string of the molecule is C=CCN1C(=O)C(=Cc2nc(C#N)c(N3CC(C)OC(C)C3)o2)SC1=S. The average Bonchev–Trinajstić information content (AvgIpc) is 3.11. The highest BCUT2D eigenvalue weighted by atomic mass is 32.2. The van der Waals surface area contributed by atoms with Gasteiger partial charge in [-0.15, -0.1) is 6.58 Å². The van der Waals surface area contributed by atoms with Crippen molar-refractivity contribution in [1.82, 2.24) is 9.88 Å². The summed E-state index contributed by atoms with van der Waals surface area (Å²) in [6.45, 7) is 9.13. The topological polar surface area (TPSA) is 82.6 Å². The summed E-state index contributed by atoms with van der Waals surface area (Å²) in [5, 5.41) is 9.40. The van der Waals surface area contributed by atoms with Gasteiger partial charge in [-0.3, -0.25) is 9.69 Å². The van der Waals surface area contributed by atoms with E-state index in [0.29, 0.717) is 34.7 Å². The second-order valence-electron chi connectivity index (χ2n) is 6.06. The molecule has 2 fully saturated rings. The molecule has 3 rings (SSSR count). The van der Waals surface area contributed by atoms with Crippen LogP contribution < -0.4 is 4.90 Å². The van der Waals surface area contributed by atoms with E-state index in [0.717, 1.165) is 0 Å². The lowest BCUT2D eigenvalue weighted by molar-refractivity contribution is -0.121. The number of oxazole rings is 1. The fraction of sp³-hybridized carbons (Fsp3) is 0.412. The number of nitrogens with zero attached hydrogens (tertiary/aromatic N) is 4. The van der Waals surface area contributed by atoms with Crippen LogP contribution in [0.25, 0.3) is 6.08 Å². The van der Waals surface area contributed by atoms with Crippen LogP contribution in [0, 0.1) is 11.3 Å². The van der Waals surface area contributed by atoms with Gasteiger partial charge >= 0.3 is 0 Å². The second-order valence-corrected chi connectivity index (χ2v) is 7.74. The van der Waals surface area contributed by atoms with Crippen LogP contribution in [-0.4, -0.2) is 52.0 Å². The van der Waals surface area contributed by atoms with Crippen LogP contribution in [-0.2, 0) is 9.53 Å². The van der Waals surface area contributed by atoms with Crippen LogP contribution in [0.4, 0.5) is 5.88 Å². The van der Waals surface area contributed by atoms with Crippen molar-refractivity contribution in [3.8, 4) is 6.07 Å². The Morgan fingerprint density at radius 1 is 1.46 bits per heavy atom. The number of carbonyl (C=O) groups is 1. The maximum Gasteiger partial charge on any atom is 0.266 e. The van der Waals surface area contributed by atoms with Crippen LogP contribution in [0.3, 0.4) is 0 Å². The third-order valence-corrected chi connectivity index (χ3v) is 5.26. The number of aromatic nitrogens is 1. The zero-order valence-electron chi connectivity index (χ0n) is 14.5. The number of anilines is 1. The molecule has 2 aliphatic heterocycles. The highest BCUT2D eigenvalue weighted by molar-refractivity contribution is 8.26. The van der Waals surface area contributed by atoms with E-state index in [-0.39, 0.29) is 29.7 Å². The lowest BCUT2D eigenvalue weighted by Crippen LogP contribution is -2.45. The number of thioether (sulfide) groups is 1. The Balaban J connectivity index is 1.88. The van der Waals surface area contributed by atoms with Gasteiger partial charge in [0.25, 0.3) is 5.91 Å². The first-order valence-electron chi connectivity index (χ1n) is 8.10. The lowest BCUT2D eigenvalue weighted by Gasteiger charge is -2.34. The Bertz CT molecular complexity index is 816. The van der Waals surface area contributed by atoms with Gasteiger partial charge in [-0.1, -0.05) is 30.1 Å². The average molecular weight is 390 g/mol. The third-order valence-electron chi connectivity index (χ3n) is 3.88. The molecule has 2 saturated heterocycles. The molecule has 0 bridgehead atoms. The van der Waals surface area contributed by atoms with Gasteiger partial charge in [-0.25, -0.2) is 0 Å². The number of nitriles is 1. The summed E-state index contributed by atoms with van der Waals surface area (Å²) in [5.41, 5.74) is 0.194. The van der Waals surface area contributed by atoms with Crippen molar-refractivity contribution >= 4 is 46.2 Å². The first-order chi connectivity index (χ1) is 12.4. The zero-order valence-corrected chi connectivity index (χ0v) is 16.1. The van der Waals surface area contributed by atoms with Crippen molar-refractivity contribution in [2.75, 3.05) is 24.5 Å². The molecule has 0 aromatic carbocycles. The largest absolute Gasteiger partial charge is 0.420 e. The van der Waals surface area contributed by atoms with Crippen molar-refractivity contribution in [3.05, 3.63) is 29.1 Å². The van der Waals surface area contributed by atoms with E-state index in [9.17, 15) is 10.1 Å². The van der Waals surface area contributed by atoms with Crippen LogP contribution in [0.15, 0.2) is 22.0 Å². The number of thiocarbonyl (C=S) groups is 1. The Hall–Kier alpha value is -2.15. The fourth-order valence-electron chi connectivity index (χ4n) is 2.92. The first kappa shape index (κ1) is 18.6. The molecular formula is C17H18N4O3S2. The highest BCUT2D eigenvalue weighted by Crippen LogP contribution is 2.33. The minimum Gasteiger partial charge on any atom is -0.420 e. The van der Waals surface area contributed by atoms with Crippen molar-refractivity contribution in [3.63, 3.8) is 0 Å². The summed E-state index contributed by atoms with van der Waals surface area (Å²) in [5.74, 6) is 0.400. The minimum absolute atomic E-state index is 0.0222. The Kier molecular flexibility index (Phi) is 5.46. The van der Waals surface area contributed by atoms with Crippen molar-refractivity contribution in [2.24, 2.45) is 0 Å². The first-order valence-corrected chi connectivity index (χ1v) is 9.33. The van der Waals surface area contributed by atoms with Crippen molar-refractivity contribution in [1.29, 1.82) is 5.26 Å². The maximum absolute atomic E-state index is 12.4. The van der Waals surface area contributed by atoms with Crippen LogP contribution in [0.1, 0.15) is 25.4 Å². The summed E-state index contributed by atoms with van der Waals surface area (Å²) in [4.78, 5) is 20.4. The second kappa shape index (κ2) is 7.61. The number of hydrogen-bond acceptors (Lipinski definition) is 8. The predicted molar refractivity (Wildman–Crippen MR) is 104 cm³/mol. The molecule has 0 spiro atoms. The summed E-state index contributed by atoms with van der Waals surface area (Å²) >= 11 is 6.39. The predicted octanol–water partition coefficient (Wildman–Crippen LogP) is 2.55. The number of hydrogen-bond donors (Lipinski definition) is 0. The van der Waals surface area contributed by atoms with E-state index in [1.807, 2.05) is 18.7 Å². The Morgan fingerprint density at radius 3 is 2.77 bits per heavy atom. The normalized spacial score (nSPS) is 25.0. The number of morpholine rings is 1. The molecule has 0 aliphatic carbocycles. The van der Waals surface area contributed by atoms with Gasteiger partial charge in [0.1, 0.15) is 10.4 Å². The van der Waals surface area contributed by atoms with Gasteiger partial charge < -0.3 is 14.1 Å². The van der Waals surface area contributed by atoms with Gasteiger partial charge in [-0.2, -0.15) is 10.2 Å². The summed E-state index contributed by atoms with van der Waals surface area (Å²) in [7, 11) is 0. The molecule has 26 heavy (non-hydrogen) atoms. The Labute approximate surface area is 161 Å². The van der Waals surface area contributed by atoms with Gasteiger partial charge in [0, 0.05) is 25.7 Å². The number of carbonyl (C=O) groups excluding carboxylic acids is 1. The van der Waals surface area contributed by atoms with E-state index in [4.69, 9.17) is 21.4 Å². The fourth-order valence-corrected chi connectivity index (χ4v) is 4.16. The molecule has 7 nitrogen and oxygen atoms in total. The molecular weight excluding hydrogens is 372 g/mol. The zero-order chi connectivity index (χ0) is 18.8. The Morgan fingerprint density at radius 2 is 2.15 bits per heavy atom. The van der Waals surface area contributed by atoms with Crippen molar-refractivity contribution in [2.45, 2.75) is 26.1 Å². The smallest absolute Gasteiger partial charge is 0.266 e. The molecule has 1 aromatic heterocycles.